The molecule has 0 saturated carbocycles. The average molecular weight is 400 g/mol. The molecule has 28 heavy (non-hydrogen) atoms. The Morgan fingerprint density at radius 1 is 1.11 bits per heavy atom. The van der Waals surface area contributed by atoms with E-state index >= 15 is 0 Å². The van der Waals surface area contributed by atoms with Crippen LogP contribution >= 0.6 is 11.8 Å². The van der Waals surface area contributed by atoms with Gasteiger partial charge in [0.2, 0.25) is 0 Å². The second-order valence-electron chi connectivity index (χ2n) is 5.77. The molecular formula is C19H16N2O6S. The Morgan fingerprint density at radius 2 is 1.82 bits per heavy atom. The van der Waals surface area contributed by atoms with Crippen molar-refractivity contribution < 1.29 is 24.0 Å². The Kier molecular flexibility index (Phi) is 5.65. The van der Waals surface area contributed by atoms with Gasteiger partial charge in [0.05, 0.1) is 30.6 Å². The lowest BCUT2D eigenvalue weighted by Crippen LogP contribution is -2.27. The summed E-state index contributed by atoms with van der Waals surface area (Å²) in [6.07, 6.45) is 1.59. The summed E-state index contributed by atoms with van der Waals surface area (Å²) in [4.78, 5) is 36.6. The van der Waals surface area contributed by atoms with Crippen molar-refractivity contribution in [1.29, 1.82) is 0 Å². The standard InChI is InChI=1S/C19H16N2O6S/c1-26-15-5-3-4-13(17(15)27-2)10-16-18(22)20(19(23)28-16)11-12-6-8-14(9-7-12)21(24)25/h3-10H,11H2,1-2H3/b16-10+. The van der Waals surface area contributed by atoms with Crippen LogP contribution in [0.3, 0.4) is 0 Å². The van der Waals surface area contributed by atoms with E-state index in [0.29, 0.717) is 22.6 Å². The average Bonchev–Trinajstić information content (AvgIpc) is 2.95. The van der Waals surface area contributed by atoms with Crippen LogP contribution in [0.5, 0.6) is 11.5 Å². The van der Waals surface area contributed by atoms with E-state index in [1.54, 1.807) is 24.3 Å². The van der Waals surface area contributed by atoms with E-state index < -0.39 is 16.1 Å². The van der Waals surface area contributed by atoms with E-state index in [0.717, 1.165) is 16.7 Å². The van der Waals surface area contributed by atoms with Crippen molar-refractivity contribution in [2.75, 3.05) is 14.2 Å². The van der Waals surface area contributed by atoms with Crippen molar-refractivity contribution in [1.82, 2.24) is 4.90 Å². The molecule has 2 aromatic carbocycles. The van der Waals surface area contributed by atoms with E-state index in [1.165, 1.54) is 38.5 Å². The summed E-state index contributed by atoms with van der Waals surface area (Å²) in [5, 5.41) is 10.3. The second-order valence-corrected chi connectivity index (χ2v) is 6.77. The molecule has 144 valence electrons. The number of nitro groups is 1. The first-order valence-corrected chi connectivity index (χ1v) is 8.96. The number of carbonyl (C=O) groups is 2. The SMILES string of the molecule is COc1cccc(/C=C2/SC(=O)N(Cc3ccc([N+](=O)[O-])cc3)C2=O)c1OC. The Morgan fingerprint density at radius 3 is 2.43 bits per heavy atom. The molecule has 8 nitrogen and oxygen atoms in total. The van der Waals surface area contributed by atoms with Crippen molar-refractivity contribution in [2.45, 2.75) is 6.54 Å². The van der Waals surface area contributed by atoms with Gasteiger partial charge in [0.15, 0.2) is 11.5 Å². The maximum absolute atomic E-state index is 12.7. The van der Waals surface area contributed by atoms with Crippen molar-refractivity contribution >= 4 is 34.7 Å². The summed E-state index contributed by atoms with van der Waals surface area (Å²) in [5.41, 5.74) is 1.18. The lowest BCUT2D eigenvalue weighted by Gasteiger charge is -2.12. The minimum absolute atomic E-state index is 0.0370. The summed E-state index contributed by atoms with van der Waals surface area (Å²) >= 11 is 0.831. The number of amides is 2. The lowest BCUT2D eigenvalue weighted by atomic mass is 10.1. The number of nitrogens with zero attached hydrogens (tertiary/aromatic N) is 2. The maximum atomic E-state index is 12.7. The number of methoxy groups -OCH3 is 2. The van der Waals surface area contributed by atoms with Gasteiger partial charge in [0.25, 0.3) is 16.8 Å². The molecule has 0 spiro atoms. The van der Waals surface area contributed by atoms with Crippen LogP contribution in [0.1, 0.15) is 11.1 Å². The quantitative estimate of drug-likeness (QED) is 0.412. The highest BCUT2D eigenvalue weighted by Gasteiger charge is 2.35. The van der Waals surface area contributed by atoms with Gasteiger partial charge in [0.1, 0.15) is 0 Å². The van der Waals surface area contributed by atoms with Crippen molar-refractivity contribution in [2.24, 2.45) is 0 Å². The fourth-order valence-corrected chi connectivity index (χ4v) is 3.54. The largest absolute Gasteiger partial charge is 0.493 e. The number of ether oxygens (including phenoxy) is 2. The maximum Gasteiger partial charge on any atom is 0.293 e. The molecule has 0 bridgehead atoms. The molecule has 0 aromatic heterocycles. The van der Waals surface area contributed by atoms with Crippen LogP contribution in [0.4, 0.5) is 10.5 Å². The van der Waals surface area contributed by atoms with Crippen LogP contribution in [0.15, 0.2) is 47.4 Å². The summed E-state index contributed by atoms with van der Waals surface area (Å²) in [7, 11) is 3.01. The first-order chi connectivity index (χ1) is 13.4. The monoisotopic (exact) mass is 400 g/mol. The van der Waals surface area contributed by atoms with Crippen LogP contribution in [0.25, 0.3) is 6.08 Å². The lowest BCUT2D eigenvalue weighted by molar-refractivity contribution is -0.384. The Balaban J connectivity index is 1.84. The van der Waals surface area contributed by atoms with Crippen LogP contribution in [-0.2, 0) is 11.3 Å². The molecule has 1 saturated heterocycles. The molecule has 1 aliphatic heterocycles. The molecule has 0 aliphatic carbocycles. The predicted molar refractivity (Wildman–Crippen MR) is 104 cm³/mol. The number of para-hydroxylation sites is 1. The van der Waals surface area contributed by atoms with Gasteiger partial charge in [-0.2, -0.15) is 0 Å². The summed E-state index contributed by atoms with van der Waals surface area (Å²) in [6.45, 7) is 0.0370. The summed E-state index contributed by atoms with van der Waals surface area (Å²) < 4.78 is 10.6. The number of non-ortho nitro benzene ring substituents is 1. The van der Waals surface area contributed by atoms with E-state index in [2.05, 4.69) is 0 Å². The smallest absolute Gasteiger partial charge is 0.293 e. The highest BCUT2D eigenvalue weighted by Crippen LogP contribution is 2.37. The molecular weight excluding hydrogens is 384 g/mol. The molecule has 2 amide bonds. The molecule has 0 atom stereocenters. The van der Waals surface area contributed by atoms with Gasteiger partial charge >= 0.3 is 0 Å². The minimum Gasteiger partial charge on any atom is -0.493 e. The zero-order chi connectivity index (χ0) is 20.3. The molecule has 1 heterocycles. The molecule has 2 aromatic rings. The number of nitro benzene ring substituents is 1. The summed E-state index contributed by atoms with van der Waals surface area (Å²) in [6, 6.07) is 11.0. The Hall–Kier alpha value is -3.33. The van der Waals surface area contributed by atoms with E-state index in [9.17, 15) is 19.7 Å². The van der Waals surface area contributed by atoms with Gasteiger partial charge in [-0.05, 0) is 29.5 Å². The van der Waals surface area contributed by atoms with Gasteiger partial charge in [0, 0.05) is 17.7 Å². The van der Waals surface area contributed by atoms with Crippen LogP contribution < -0.4 is 9.47 Å². The topological polar surface area (TPSA) is 99.0 Å². The Labute approximate surface area is 164 Å². The fourth-order valence-electron chi connectivity index (χ4n) is 2.71. The Bertz CT molecular complexity index is 971. The highest BCUT2D eigenvalue weighted by molar-refractivity contribution is 8.18. The third kappa shape index (κ3) is 3.84. The van der Waals surface area contributed by atoms with Crippen LogP contribution in [0, 0.1) is 10.1 Å². The molecule has 1 fully saturated rings. The molecule has 9 heteroatoms. The third-order valence-corrected chi connectivity index (χ3v) is 4.99. The van der Waals surface area contributed by atoms with Crippen molar-refractivity contribution in [3.8, 4) is 11.5 Å². The number of thioether (sulfide) groups is 1. The normalized spacial score (nSPS) is 15.2. The number of hydrogen-bond acceptors (Lipinski definition) is 7. The van der Waals surface area contributed by atoms with E-state index in [1.807, 2.05) is 0 Å². The van der Waals surface area contributed by atoms with Crippen LogP contribution in [-0.4, -0.2) is 35.2 Å². The molecule has 0 unspecified atom stereocenters. The molecule has 3 rings (SSSR count). The summed E-state index contributed by atoms with van der Waals surface area (Å²) in [5.74, 6) is 0.548. The van der Waals surface area contributed by atoms with Gasteiger partial charge in [-0.3, -0.25) is 24.6 Å². The van der Waals surface area contributed by atoms with Crippen LogP contribution in [0.2, 0.25) is 0 Å². The fraction of sp³-hybridized carbons (Fsp3) is 0.158. The van der Waals surface area contributed by atoms with E-state index in [-0.39, 0.29) is 17.1 Å². The minimum atomic E-state index is -0.506. The van der Waals surface area contributed by atoms with Crippen molar-refractivity contribution in [3.63, 3.8) is 0 Å². The van der Waals surface area contributed by atoms with Gasteiger partial charge in [-0.1, -0.05) is 24.3 Å². The zero-order valence-electron chi connectivity index (χ0n) is 15.1. The highest BCUT2D eigenvalue weighted by atomic mass is 32.2. The number of imide groups is 1. The number of rotatable bonds is 6. The van der Waals surface area contributed by atoms with Gasteiger partial charge in [-0.15, -0.1) is 0 Å². The second kappa shape index (κ2) is 8.13. The van der Waals surface area contributed by atoms with Gasteiger partial charge < -0.3 is 9.47 Å². The predicted octanol–water partition coefficient (Wildman–Crippen LogP) is 3.85. The molecule has 0 radical (unpaired) electrons. The van der Waals surface area contributed by atoms with Crippen molar-refractivity contribution in [3.05, 3.63) is 68.6 Å². The van der Waals surface area contributed by atoms with Gasteiger partial charge in [-0.25, -0.2) is 0 Å². The molecule has 0 N–H and O–H groups in total. The first-order valence-electron chi connectivity index (χ1n) is 8.14. The first kappa shape index (κ1) is 19.4. The zero-order valence-corrected chi connectivity index (χ0v) is 15.9. The number of hydrogen-bond donors (Lipinski definition) is 0. The number of carbonyl (C=O) groups excluding carboxylic acids is 2. The third-order valence-electron chi connectivity index (χ3n) is 4.08. The van der Waals surface area contributed by atoms with E-state index in [4.69, 9.17) is 9.47 Å². The number of benzene rings is 2. The molecule has 1 aliphatic rings.